The summed E-state index contributed by atoms with van der Waals surface area (Å²) in [5.41, 5.74) is 5.06. The van der Waals surface area contributed by atoms with Crippen LogP contribution < -0.4 is 5.32 Å². The maximum Gasteiger partial charge on any atom is 0.242 e. The molecule has 2 aromatic rings. The van der Waals surface area contributed by atoms with E-state index in [4.69, 9.17) is 0 Å². The lowest BCUT2D eigenvalue weighted by Gasteiger charge is -2.43. The number of carbonyl (C=O) groups excluding carboxylic acids is 1. The van der Waals surface area contributed by atoms with Gasteiger partial charge in [0.1, 0.15) is 6.04 Å². The van der Waals surface area contributed by atoms with E-state index < -0.39 is 0 Å². The van der Waals surface area contributed by atoms with Crippen molar-refractivity contribution in [2.75, 3.05) is 19.6 Å². The van der Waals surface area contributed by atoms with Gasteiger partial charge >= 0.3 is 0 Å². The Kier molecular flexibility index (Phi) is 5.92. The first kappa shape index (κ1) is 18.8. The van der Waals surface area contributed by atoms with Crippen LogP contribution in [0.1, 0.15) is 34.2 Å². The highest BCUT2D eigenvalue weighted by Crippen LogP contribution is 2.41. The summed E-state index contributed by atoms with van der Waals surface area (Å²) in [6.07, 6.45) is 0. The average Bonchev–Trinajstić information content (AvgIpc) is 2.55. The number of rotatable bonds is 1. The van der Waals surface area contributed by atoms with Crippen molar-refractivity contribution in [1.82, 2.24) is 10.2 Å². The number of benzene rings is 2. The molecular weight excluding hydrogens is 343 g/mol. The number of hydrogen-bond donors (Lipinski definition) is 1. The second-order valence-electron chi connectivity index (χ2n) is 6.23. The molecule has 4 rings (SSSR count). The van der Waals surface area contributed by atoms with E-state index in [1.54, 1.807) is 0 Å². The summed E-state index contributed by atoms with van der Waals surface area (Å²) >= 11 is 0. The summed E-state index contributed by atoms with van der Waals surface area (Å²) in [4.78, 5) is 14.8. The zero-order valence-electron chi connectivity index (χ0n) is 13.6. The topological polar surface area (TPSA) is 32.3 Å². The molecule has 24 heavy (non-hydrogen) atoms. The summed E-state index contributed by atoms with van der Waals surface area (Å²) in [6, 6.07) is 16.9. The molecule has 3 nitrogen and oxygen atoms in total. The van der Waals surface area contributed by atoms with Crippen molar-refractivity contribution in [3.63, 3.8) is 0 Å². The van der Waals surface area contributed by atoms with Crippen molar-refractivity contribution in [3.05, 3.63) is 70.8 Å². The van der Waals surface area contributed by atoms with Gasteiger partial charge in [-0.3, -0.25) is 9.69 Å². The highest BCUT2D eigenvalue weighted by molar-refractivity contribution is 5.86. The Hall–Kier alpha value is -1.55. The van der Waals surface area contributed by atoms with Crippen LogP contribution in [-0.4, -0.2) is 30.4 Å². The molecule has 1 fully saturated rings. The number of halogens is 2. The molecule has 1 saturated heterocycles. The molecule has 0 spiro atoms. The number of amides is 1. The van der Waals surface area contributed by atoms with Gasteiger partial charge in [-0.25, -0.2) is 0 Å². The van der Waals surface area contributed by atoms with Gasteiger partial charge in [0, 0.05) is 25.6 Å². The standard InChI is InChI=1S/C19H20N2O.2ClH/c1-13-6-5-9-15-16(14-7-3-2-4-8-14)12-21-11-10-20-19(22)18(21)17(13)15;;/h2-9,16,18H,10-12H2,1H3,(H,20,22);2*1H/t16-,18-;;/m0../s1. The van der Waals surface area contributed by atoms with E-state index in [9.17, 15) is 4.79 Å². The molecule has 0 aliphatic carbocycles. The van der Waals surface area contributed by atoms with Crippen LogP contribution in [0, 0.1) is 6.92 Å². The van der Waals surface area contributed by atoms with Crippen LogP contribution >= 0.6 is 24.8 Å². The number of aryl methyl sites for hydroxylation is 1. The summed E-state index contributed by atoms with van der Waals surface area (Å²) in [6.45, 7) is 4.70. The molecule has 1 N–H and O–H groups in total. The summed E-state index contributed by atoms with van der Waals surface area (Å²) in [5.74, 6) is 0.492. The van der Waals surface area contributed by atoms with Crippen LogP contribution in [0.15, 0.2) is 48.5 Å². The summed E-state index contributed by atoms with van der Waals surface area (Å²) in [5, 5.41) is 3.02. The molecule has 0 bridgehead atoms. The Balaban J connectivity index is 0.00000104. The molecule has 2 aliphatic rings. The SMILES string of the molecule is Cc1cccc2c1[C@H]1C(=O)NCCN1C[C@H]2c1ccccc1.Cl.Cl. The van der Waals surface area contributed by atoms with E-state index >= 15 is 0 Å². The Morgan fingerprint density at radius 1 is 1.04 bits per heavy atom. The number of nitrogens with one attached hydrogen (secondary N) is 1. The van der Waals surface area contributed by atoms with Crippen molar-refractivity contribution in [1.29, 1.82) is 0 Å². The third-order valence-corrected chi connectivity index (χ3v) is 4.94. The van der Waals surface area contributed by atoms with Gasteiger partial charge in [-0.1, -0.05) is 48.5 Å². The molecule has 5 heteroatoms. The zero-order valence-corrected chi connectivity index (χ0v) is 15.2. The second-order valence-corrected chi connectivity index (χ2v) is 6.23. The third-order valence-electron chi connectivity index (χ3n) is 4.94. The Morgan fingerprint density at radius 3 is 2.54 bits per heavy atom. The van der Waals surface area contributed by atoms with E-state index in [1.165, 1.54) is 22.3 Å². The lowest BCUT2D eigenvalue weighted by atomic mass is 9.79. The maximum atomic E-state index is 12.4. The van der Waals surface area contributed by atoms with Crippen molar-refractivity contribution < 1.29 is 4.79 Å². The van der Waals surface area contributed by atoms with Crippen LogP contribution in [0.25, 0.3) is 0 Å². The quantitative estimate of drug-likeness (QED) is 0.840. The van der Waals surface area contributed by atoms with Gasteiger partial charge in [-0.05, 0) is 29.2 Å². The van der Waals surface area contributed by atoms with Gasteiger partial charge in [0.25, 0.3) is 0 Å². The van der Waals surface area contributed by atoms with Crippen molar-refractivity contribution in [3.8, 4) is 0 Å². The van der Waals surface area contributed by atoms with Gasteiger partial charge in [-0.2, -0.15) is 0 Å². The van der Waals surface area contributed by atoms with Crippen molar-refractivity contribution >= 4 is 30.7 Å². The van der Waals surface area contributed by atoms with Crippen LogP contribution in [0.3, 0.4) is 0 Å². The summed E-state index contributed by atoms with van der Waals surface area (Å²) in [7, 11) is 0. The Labute approximate surface area is 155 Å². The fraction of sp³-hybridized carbons (Fsp3) is 0.316. The monoisotopic (exact) mass is 364 g/mol. The number of carbonyl (C=O) groups is 1. The fourth-order valence-corrected chi connectivity index (χ4v) is 3.91. The smallest absolute Gasteiger partial charge is 0.242 e. The third kappa shape index (κ3) is 3.04. The number of hydrogen-bond acceptors (Lipinski definition) is 2. The van der Waals surface area contributed by atoms with Crippen LogP contribution in [0.4, 0.5) is 0 Å². The lowest BCUT2D eigenvalue weighted by Crippen LogP contribution is -2.53. The Morgan fingerprint density at radius 2 is 1.79 bits per heavy atom. The summed E-state index contributed by atoms with van der Waals surface area (Å²) < 4.78 is 0. The highest BCUT2D eigenvalue weighted by Gasteiger charge is 2.40. The van der Waals surface area contributed by atoms with Gasteiger partial charge in [0.15, 0.2) is 0 Å². The molecule has 2 aliphatic heterocycles. The molecule has 0 aromatic heterocycles. The molecular formula is C19H22Cl2N2O. The first-order valence-electron chi connectivity index (χ1n) is 7.92. The van der Waals surface area contributed by atoms with E-state index in [0.29, 0.717) is 5.92 Å². The molecule has 0 radical (unpaired) electrons. The van der Waals surface area contributed by atoms with Crippen LogP contribution in [0.2, 0.25) is 0 Å². The number of fused-ring (bicyclic) bond motifs is 3. The highest BCUT2D eigenvalue weighted by atomic mass is 35.5. The number of piperazine rings is 1. The van der Waals surface area contributed by atoms with E-state index in [1.807, 2.05) is 0 Å². The van der Waals surface area contributed by atoms with Gasteiger partial charge < -0.3 is 5.32 Å². The predicted molar refractivity (Wildman–Crippen MR) is 101 cm³/mol. The van der Waals surface area contributed by atoms with Crippen molar-refractivity contribution in [2.24, 2.45) is 0 Å². The minimum absolute atomic E-state index is 0. The van der Waals surface area contributed by atoms with Crippen molar-refractivity contribution in [2.45, 2.75) is 18.9 Å². The number of nitrogens with zero attached hydrogens (tertiary/aromatic N) is 1. The minimum atomic E-state index is -0.120. The van der Waals surface area contributed by atoms with Gasteiger partial charge in [0.2, 0.25) is 5.91 Å². The van der Waals surface area contributed by atoms with Crippen LogP contribution in [-0.2, 0) is 4.79 Å². The maximum absolute atomic E-state index is 12.4. The van der Waals surface area contributed by atoms with Crippen LogP contribution in [0.5, 0.6) is 0 Å². The first-order chi connectivity index (χ1) is 10.8. The minimum Gasteiger partial charge on any atom is -0.353 e. The predicted octanol–water partition coefficient (Wildman–Crippen LogP) is 3.46. The zero-order chi connectivity index (χ0) is 15.1. The molecule has 2 heterocycles. The van der Waals surface area contributed by atoms with E-state index in [0.717, 1.165) is 19.6 Å². The van der Waals surface area contributed by atoms with E-state index in [2.05, 4.69) is 65.7 Å². The Bertz CT molecular complexity index is 721. The molecule has 0 saturated carbocycles. The second kappa shape index (κ2) is 7.56. The average molecular weight is 365 g/mol. The fourth-order valence-electron chi connectivity index (χ4n) is 3.91. The molecule has 2 aromatic carbocycles. The van der Waals surface area contributed by atoms with Gasteiger partial charge in [-0.15, -0.1) is 24.8 Å². The molecule has 0 unspecified atom stereocenters. The van der Waals surface area contributed by atoms with E-state index in [-0.39, 0.29) is 36.8 Å². The lowest BCUT2D eigenvalue weighted by molar-refractivity contribution is -0.129. The molecule has 1 amide bonds. The van der Waals surface area contributed by atoms with Gasteiger partial charge in [0.05, 0.1) is 0 Å². The molecule has 2 atom stereocenters. The molecule has 128 valence electrons. The largest absolute Gasteiger partial charge is 0.353 e. The normalized spacial score (nSPS) is 22.3. The first-order valence-corrected chi connectivity index (χ1v) is 7.92.